The molecule has 0 heterocycles. The van der Waals surface area contributed by atoms with E-state index in [9.17, 15) is 4.39 Å². The van der Waals surface area contributed by atoms with Crippen LogP contribution in [-0.4, -0.2) is 29.2 Å². The van der Waals surface area contributed by atoms with E-state index in [1.807, 2.05) is 6.07 Å². The zero-order chi connectivity index (χ0) is 13.9. The molecule has 106 valence electrons. The summed E-state index contributed by atoms with van der Waals surface area (Å²) in [6, 6.07) is 5.51. The first-order chi connectivity index (χ1) is 9.76. The SMILES string of the molecule is OCC#Cc1cc(F)ccc1CN(CC1CC1)C1CC1. The van der Waals surface area contributed by atoms with Crippen LogP contribution in [0.5, 0.6) is 0 Å². The van der Waals surface area contributed by atoms with Gasteiger partial charge in [0.1, 0.15) is 12.4 Å². The summed E-state index contributed by atoms with van der Waals surface area (Å²) in [5.41, 5.74) is 1.78. The highest BCUT2D eigenvalue weighted by molar-refractivity contribution is 5.41. The Morgan fingerprint density at radius 3 is 2.70 bits per heavy atom. The highest BCUT2D eigenvalue weighted by Crippen LogP contribution is 2.35. The van der Waals surface area contributed by atoms with Crippen molar-refractivity contribution in [3.63, 3.8) is 0 Å². The Morgan fingerprint density at radius 2 is 2.05 bits per heavy atom. The third-order valence-corrected chi connectivity index (χ3v) is 4.00. The molecule has 2 nitrogen and oxygen atoms in total. The quantitative estimate of drug-likeness (QED) is 0.833. The van der Waals surface area contributed by atoms with Gasteiger partial charge in [-0.05, 0) is 49.3 Å². The van der Waals surface area contributed by atoms with Crippen LogP contribution in [0.4, 0.5) is 4.39 Å². The van der Waals surface area contributed by atoms with Crippen molar-refractivity contribution in [2.24, 2.45) is 5.92 Å². The first-order valence-corrected chi connectivity index (χ1v) is 7.38. The maximum atomic E-state index is 13.4. The summed E-state index contributed by atoms with van der Waals surface area (Å²) in [5, 5.41) is 8.82. The molecule has 0 spiro atoms. The second-order valence-electron chi connectivity index (χ2n) is 5.87. The van der Waals surface area contributed by atoms with Crippen molar-refractivity contribution in [3.8, 4) is 11.8 Å². The zero-order valence-corrected chi connectivity index (χ0v) is 11.6. The summed E-state index contributed by atoms with van der Waals surface area (Å²) in [6.07, 6.45) is 5.27. The van der Waals surface area contributed by atoms with E-state index in [0.29, 0.717) is 11.6 Å². The van der Waals surface area contributed by atoms with Crippen LogP contribution in [-0.2, 0) is 6.54 Å². The van der Waals surface area contributed by atoms with Crippen LogP contribution in [0.1, 0.15) is 36.8 Å². The molecule has 2 aliphatic rings. The second-order valence-corrected chi connectivity index (χ2v) is 5.87. The molecule has 0 aliphatic heterocycles. The average molecular weight is 273 g/mol. The molecule has 0 saturated heterocycles. The highest BCUT2D eigenvalue weighted by Gasteiger charge is 2.33. The molecule has 2 saturated carbocycles. The zero-order valence-electron chi connectivity index (χ0n) is 11.6. The minimum absolute atomic E-state index is 0.190. The van der Waals surface area contributed by atoms with Gasteiger partial charge < -0.3 is 5.11 Å². The highest BCUT2D eigenvalue weighted by atomic mass is 19.1. The molecule has 0 unspecified atom stereocenters. The van der Waals surface area contributed by atoms with Crippen molar-refractivity contribution < 1.29 is 9.50 Å². The van der Waals surface area contributed by atoms with Gasteiger partial charge in [-0.2, -0.15) is 0 Å². The summed E-state index contributed by atoms with van der Waals surface area (Å²) in [4.78, 5) is 2.52. The van der Waals surface area contributed by atoms with Crippen molar-refractivity contribution >= 4 is 0 Å². The number of halogens is 1. The number of aliphatic hydroxyl groups is 1. The third kappa shape index (κ3) is 3.59. The normalized spacial score (nSPS) is 17.9. The fourth-order valence-corrected chi connectivity index (χ4v) is 2.57. The number of nitrogens with zero attached hydrogens (tertiary/aromatic N) is 1. The summed E-state index contributed by atoms with van der Waals surface area (Å²) >= 11 is 0. The molecule has 1 aromatic carbocycles. The predicted octanol–water partition coefficient (Wildman–Crippen LogP) is 2.54. The fraction of sp³-hybridized carbons (Fsp3) is 0.529. The Bertz CT molecular complexity index is 538. The molecule has 0 bridgehead atoms. The van der Waals surface area contributed by atoms with Crippen LogP contribution in [0.3, 0.4) is 0 Å². The molecular weight excluding hydrogens is 253 g/mol. The van der Waals surface area contributed by atoms with Crippen molar-refractivity contribution in [2.45, 2.75) is 38.3 Å². The van der Waals surface area contributed by atoms with Crippen molar-refractivity contribution in [1.29, 1.82) is 0 Å². The predicted molar refractivity (Wildman–Crippen MR) is 76.5 cm³/mol. The van der Waals surface area contributed by atoms with Gasteiger partial charge in [0.15, 0.2) is 0 Å². The smallest absolute Gasteiger partial charge is 0.124 e. The number of benzene rings is 1. The monoisotopic (exact) mass is 273 g/mol. The van der Waals surface area contributed by atoms with E-state index in [-0.39, 0.29) is 12.4 Å². The van der Waals surface area contributed by atoms with Gasteiger partial charge in [0.2, 0.25) is 0 Å². The lowest BCUT2D eigenvalue weighted by Gasteiger charge is -2.22. The number of hydrogen-bond acceptors (Lipinski definition) is 2. The second kappa shape index (κ2) is 5.95. The maximum absolute atomic E-state index is 13.4. The fourth-order valence-electron chi connectivity index (χ4n) is 2.57. The summed E-state index contributed by atoms with van der Waals surface area (Å²) in [7, 11) is 0. The molecule has 1 N–H and O–H groups in total. The molecular formula is C17H20FNO. The summed E-state index contributed by atoms with van der Waals surface area (Å²) < 4.78 is 13.4. The van der Waals surface area contributed by atoms with Crippen LogP contribution >= 0.6 is 0 Å². The first kappa shape index (κ1) is 13.6. The van der Waals surface area contributed by atoms with E-state index >= 15 is 0 Å². The Kier molecular flexibility index (Phi) is 4.05. The van der Waals surface area contributed by atoms with E-state index in [1.54, 1.807) is 0 Å². The Labute approximate surface area is 119 Å². The molecule has 0 radical (unpaired) electrons. The lowest BCUT2D eigenvalue weighted by Crippen LogP contribution is -2.28. The molecule has 1 aromatic rings. The van der Waals surface area contributed by atoms with E-state index in [1.165, 1.54) is 37.8 Å². The Balaban J connectivity index is 1.76. The van der Waals surface area contributed by atoms with Crippen LogP contribution in [0.25, 0.3) is 0 Å². The van der Waals surface area contributed by atoms with Gasteiger partial charge in [-0.3, -0.25) is 4.90 Å². The Morgan fingerprint density at radius 1 is 1.25 bits per heavy atom. The van der Waals surface area contributed by atoms with E-state index < -0.39 is 0 Å². The molecule has 3 rings (SSSR count). The van der Waals surface area contributed by atoms with Crippen molar-refractivity contribution in [2.75, 3.05) is 13.2 Å². The van der Waals surface area contributed by atoms with Crippen LogP contribution in [0, 0.1) is 23.6 Å². The van der Waals surface area contributed by atoms with Gasteiger partial charge in [0.25, 0.3) is 0 Å². The van der Waals surface area contributed by atoms with Crippen LogP contribution < -0.4 is 0 Å². The standard InChI is InChI=1S/C17H20FNO/c18-16-6-5-15(14(10-16)2-1-9-20)12-19(17-7-8-17)11-13-3-4-13/h5-6,10,13,17,20H,3-4,7-9,11-12H2. The molecule has 0 atom stereocenters. The number of rotatable bonds is 5. The van der Waals surface area contributed by atoms with Gasteiger partial charge >= 0.3 is 0 Å². The lowest BCUT2D eigenvalue weighted by atomic mass is 10.1. The molecule has 2 fully saturated rings. The number of hydrogen-bond donors (Lipinski definition) is 1. The first-order valence-electron chi connectivity index (χ1n) is 7.38. The molecule has 3 heteroatoms. The largest absolute Gasteiger partial charge is 0.384 e. The number of aliphatic hydroxyl groups excluding tert-OH is 1. The van der Waals surface area contributed by atoms with Gasteiger partial charge in [-0.25, -0.2) is 4.39 Å². The minimum atomic E-state index is -0.267. The Hall–Kier alpha value is -1.37. The van der Waals surface area contributed by atoms with E-state index in [2.05, 4.69) is 16.7 Å². The van der Waals surface area contributed by atoms with Crippen molar-refractivity contribution in [1.82, 2.24) is 4.90 Å². The van der Waals surface area contributed by atoms with Crippen molar-refractivity contribution in [3.05, 3.63) is 35.1 Å². The van der Waals surface area contributed by atoms with Gasteiger partial charge in [-0.1, -0.05) is 17.9 Å². The molecule has 20 heavy (non-hydrogen) atoms. The maximum Gasteiger partial charge on any atom is 0.124 e. The average Bonchev–Trinajstić information content (AvgIpc) is 3.30. The van der Waals surface area contributed by atoms with E-state index in [0.717, 1.165) is 24.6 Å². The molecule has 0 aromatic heterocycles. The van der Waals surface area contributed by atoms with Gasteiger partial charge in [0.05, 0.1) is 0 Å². The van der Waals surface area contributed by atoms with Crippen LogP contribution in [0.2, 0.25) is 0 Å². The minimum Gasteiger partial charge on any atom is -0.384 e. The van der Waals surface area contributed by atoms with Gasteiger partial charge in [0, 0.05) is 24.7 Å². The van der Waals surface area contributed by atoms with E-state index in [4.69, 9.17) is 5.11 Å². The lowest BCUT2D eigenvalue weighted by molar-refractivity contribution is 0.244. The van der Waals surface area contributed by atoms with Gasteiger partial charge in [-0.15, -0.1) is 0 Å². The molecule has 0 amide bonds. The molecule has 2 aliphatic carbocycles. The summed E-state index contributed by atoms with van der Waals surface area (Å²) in [6.45, 7) is 1.82. The van der Waals surface area contributed by atoms with Crippen LogP contribution in [0.15, 0.2) is 18.2 Å². The topological polar surface area (TPSA) is 23.5 Å². The summed E-state index contributed by atoms with van der Waals surface area (Å²) in [5.74, 6) is 6.09. The third-order valence-electron chi connectivity index (χ3n) is 4.00.